The van der Waals surface area contributed by atoms with E-state index in [9.17, 15) is 8.42 Å². The summed E-state index contributed by atoms with van der Waals surface area (Å²) < 4.78 is 37.3. The number of hydrogen-bond acceptors (Lipinski definition) is 5. The Morgan fingerprint density at radius 2 is 2.17 bits per heavy atom. The third-order valence-corrected chi connectivity index (χ3v) is 5.77. The zero-order valence-corrected chi connectivity index (χ0v) is 14.7. The van der Waals surface area contributed by atoms with Crippen LogP contribution in [0.15, 0.2) is 29.7 Å². The summed E-state index contributed by atoms with van der Waals surface area (Å²) >= 11 is 0. The molecule has 1 saturated heterocycles. The molecule has 0 radical (unpaired) electrons. The molecule has 24 heavy (non-hydrogen) atoms. The van der Waals surface area contributed by atoms with Crippen molar-refractivity contribution in [1.29, 1.82) is 0 Å². The van der Waals surface area contributed by atoms with Gasteiger partial charge in [-0.05, 0) is 25.7 Å². The molecule has 1 aliphatic rings. The Balaban J connectivity index is 1.92. The average Bonchev–Trinajstić information content (AvgIpc) is 3.22. The summed E-state index contributed by atoms with van der Waals surface area (Å²) in [6.07, 6.45) is 8.04. The molecule has 2 aromatic rings. The van der Waals surface area contributed by atoms with E-state index in [-0.39, 0.29) is 16.9 Å². The lowest BCUT2D eigenvalue weighted by molar-refractivity contribution is 0.0550. The minimum absolute atomic E-state index is 0.151. The Morgan fingerprint density at radius 1 is 1.42 bits per heavy atom. The molecule has 0 bridgehead atoms. The first-order valence-corrected chi connectivity index (χ1v) is 9.59. The molecule has 3 rings (SSSR count). The van der Waals surface area contributed by atoms with Crippen molar-refractivity contribution >= 4 is 10.0 Å². The van der Waals surface area contributed by atoms with Crippen LogP contribution in [0.4, 0.5) is 0 Å². The fourth-order valence-corrected chi connectivity index (χ4v) is 4.29. The third kappa shape index (κ3) is 3.52. The van der Waals surface area contributed by atoms with Gasteiger partial charge >= 0.3 is 0 Å². The number of aryl methyl sites for hydroxylation is 2. The van der Waals surface area contributed by atoms with Gasteiger partial charge in [0.1, 0.15) is 10.7 Å². The van der Waals surface area contributed by atoms with Crippen LogP contribution in [0.25, 0.3) is 0 Å². The van der Waals surface area contributed by atoms with E-state index in [2.05, 4.69) is 14.8 Å². The number of nitrogens with one attached hydrogen (secondary N) is 1. The summed E-state index contributed by atoms with van der Waals surface area (Å²) in [5.74, 6) is 0.898. The molecule has 0 aliphatic carbocycles. The molecule has 0 aromatic carbocycles. The lowest BCUT2D eigenvalue weighted by Crippen LogP contribution is -2.37. The molecule has 3 heterocycles. The van der Waals surface area contributed by atoms with Crippen LogP contribution in [0.2, 0.25) is 0 Å². The molecule has 132 valence electrons. The number of sulfonamides is 1. The monoisotopic (exact) mass is 353 g/mol. The first-order chi connectivity index (χ1) is 11.5. The highest BCUT2D eigenvalue weighted by molar-refractivity contribution is 7.89. The molecule has 8 nitrogen and oxygen atoms in total. The standard InChI is InChI=1S/C15H23N5O3S/c1-3-20-7-6-16-15(20)14(12-4-8-23-9-5-12)18-24(21,22)13-10-17-19(2)11-13/h6-7,10-12,14,18H,3-5,8-9H2,1-2H3. The van der Waals surface area contributed by atoms with E-state index in [1.807, 2.05) is 17.7 Å². The number of rotatable bonds is 6. The van der Waals surface area contributed by atoms with E-state index in [0.717, 1.165) is 25.2 Å². The van der Waals surface area contributed by atoms with Crippen LogP contribution >= 0.6 is 0 Å². The van der Waals surface area contributed by atoms with Gasteiger partial charge in [0.15, 0.2) is 0 Å². The first kappa shape index (κ1) is 17.1. The normalized spacial score (nSPS) is 17.9. The Labute approximate surface area is 141 Å². The second kappa shape index (κ2) is 7.04. The highest BCUT2D eigenvalue weighted by atomic mass is 32.2. The van der Waals surface area contributed by atoms with Gasteiger partial charge in [-0.25, -0.2) is 18.1 Å². The third-order valence-electron chi connectivity index (χ3n) is 4.38. The van der Waals surface area contributed by atoms with Gasteiger partial charge in [-0.15, -0.1) is 0 Å². The second-order valence-corrected chi connectivity index (χ2v) is 7.68. The molecule has 1 fully saturated rings. The summed E-state index contributed by atoms with van der Waals surface area (Å²) in [7, 11) is -1.97. The lowest BCUT2D eigenvalue weighted by atomic mass is 9.92. The van der Waals surface area contributed by atoms with Gasteiger partial charge in [-0.1, -0.05) is 0 Å². The van der Waals surface area contributed by atoms with Gasteiger partial charge in [-0.3, -0.25) is 4.68 Å². The van der Waals surface area contributed by atoms with E-state index in [1.54, 1.807) is 13.2 Å². The Hall–Kier alpha value is -1.71. The van der Waals surface area contributed by atoms with Crippen LogP contribution in [0.3, 0.4) is 0 Å². The Morgan fingerprint density at radius 3 is 2.79 bits per heavy atom. The van der Waals surface area contributed by atoms with E-state index >= 15 is 0 Å². The largest absolute Gasteiger partial charge is 0.381 e. The maximum atomic E-state index is 12.8. The van der Waals surface area contributed by atoms with Crippen molar-refractivity contribution < 1.29 is 13.2 Å². The summed E-state index contributed by atoms with van der Waals surface area (Å²) in [5, 5.41) is 3.96. The molecular weight excluding hydrogens is 330 g/mol. The Kier molecular flexibility index (Phi) is 5.02. The predicted molar refractivity (Wildman–Crippen MR) is 87.7 cm³/mol. The van der Waals surface area contributed by atoms with Crippen LogP contribution in [-0.2, 0) is 28.4 Å². The number of nitrogens with zero attached hydrogens (tertiary/aromatic N) is 4. The first-order valence-electron chi connectivity index (χ1n) is 8.11. The molecule has 0 spiro atoms. The van der Waals surface area contributed by atoms with Gasteiger partial charge in [0, 0.05) is 45.4 Å². The smallest absolute Gasteiger partial charge is 0.244 e. The molecular formula is C15H23N5O3S. The Bertz CT molecular complexity index is 777. The topological polar surface area (TPSA) is 91.0 Å². The van der Waals surface area contributed by atoms with Crippen LogP contribution in [0.5, 0.6) is 0 Å². The molecule has 2 aromatic heterocycles. The molecule has 1 aliphatic heterocycles. The number of ether oxygens (including phenoxy) is 1. The zero-order chi connectivity index (χ0) is 17.2. The van der Waals surface area contributed by atoms with Crippen molar-refractivity contribution in [2.24, 2.45) is 13.0 Å². The van der Waals surface area contributed by atoms with E-state index in [4.69, 9.17) is 4.74 Å². The minimum atomic E-state index is -3.67. The zero-order valence-electron chi connectivity index (χ0n) is 13.9. The number of hydrogen-bond donors (Lipinski definition) is 1. The highest BCUT2D eigenvalue weighted by Crippen LogP contribution is 2.30. The SMILES string of the molecule is CCn1ccnc1C(NS(=O)(=O)c1cnn(C)c1)C1CCOCC1. The fourth-order valence-electron chi connectivity index (χ4n) is 3.05. The summed E-state index contributed by atoms with van der Waals surface area (Å²) in [6.45, 7) is 4.04. The van der Waals surface area contributed by atoms with Crippen molar-refractivity contribution in [1.82, 2.24) is 24.1 Å². The van der Waals surface area contributed by atoms with Crippen molar-refractivity contribution in [2.45, 2.75) is 37.2 Å². The van der Waals surface area contributed by atoms with Crippen molar-refractivity contribution in [2.75, 3.05) is 13.2 Å². The molecule has 9 heteroatoms. The van der Waals surface area contributed by atoms with Gasteiger partial charge in [0.25, 0.3) is 0 Å². The predicted octanol–water partition coefficient (Wildman–Crippen LogP) is 1.08. The van der Waals surface area contributed by atoms with Gasteiger partial charge in [-0.2, -0.15) is 5.10 Å². The van der Waals surface area contributed by atoms with E-state index in [0.29, 0.717) is 13.2 Å². The molecule has 1 atom stereocenters. The second-order valence-electron chi connectivity index (χ2n) is 5.97. The fraction of sp³-hybridized carbons (Fsp3) is 0.600. The lowest BCUT2D eigenvalue weighted by Gasteiger charge is -2.30. The van der Waals surface area contributed by atoms with E-state index in [1.165, 1.54) is 17.1 Å². The van der Waals surface area contributed by atoms with Gasteiger partial charge < -0.3 is 9.30 Å². The molecule has 0 amide bonds. The highest BCUT2D eigenvalue weighted by Gasteiger charge is 2.33. The molecule has 0 saturated carbocycles. The molecule has 1 unspecified atom stereocenters. The number of aromatic nitrogens is 4. The van der Waals surface area contributed by atoms with Crippen LogP contribution in [0, 0.1) is 5.92 Å². The quantitative estimate of drug-likeness (QED) is 0.839. The van der Waals surface area contributed by atoms with Gasteiger partial charge in [0.2, 0.25) is 10.0 Å². The maximum Gasteiger partial charge on any atom is 0.244 e. The van der Waals surface area contributed by atoms with Crippen LogP contribution in [0.1, 0.15) is 31.6 Å². The molecule has 1 N–H and O–H groups in total. The summed E-state index contributed by atoms with van der Waals surface area (Å²) in [6, 6.07) is -0.381. The number of imidazole rings is 1. The summed E-state index contributed by atoms with van der Waals surface area (Å²) in [5.41, 5.74) is 0. The van der Waals surface area contributed by atoms with Gasteiger partial charge in [0.05, 0.1) is 12.2 Å². The van der Waals surface area contributed by atoms with Crippen molar-refractivity contribution in [3.05, 3.63) is 30.6 Å². The minimum Gasteiger partial charge on any atom is -0.381 e. The van der Waals surface area contributed by atoms with Crippen LogP contribution < -0.4 is 4.72 Å². The van der Waals surface area contributed by atoms with E-state index < -0.39 is 10.0 Å². The average molecular weight is 353 g/mol. The van der Waals surface area contributed by atoms with Crippen molar-refractivity contribution in [3.63, 3.8) is 0 Å². The summed E-state index contributed by atoms with van der Waals surface area (Å²) in [4.78, 5) is 4.58. The van der Waals surface area contributed by atoms with Crippen molar-refractivity contribution in [3.8, 4) is 0 Å². The van der Waals surface area contributed by atoms with Crippen LogP contribution in [-0.4, -0.2) is 41.0 Å². The maximum absolute atomic E-state index is 12.8.